The Balaban J connectivity index is 1.30. The number of ether oxygens (including phenoxy) is 2. The van der Waals surface area contributed by atoms with Crippen LogP contribution in [0.2, 0.25) is 0 Å². The fraction of sp³-hybridized carbons (Fsp3) is 0.735. The Bertz CT molecular complexity index is 1150. The first-order chi connectivity index (χ1) is 19.6. The summed E-state index contributed by atoms with van der Waals surface area (Å²) >= 11 is 0. The number of Topliss-reactive ketones (excluding diaryl/α,β-unsaturated/α-hetero) is 1. The maximum atomic E-state index is 12.5. The molecule has 0 amide bonds. The lowest BCUT2D eigenvalue weighted by atomic mass is 9.42. The quantitative estimate of drug-likeness (QED) is 0.254. The number of methoxy groups -OCH3 is 1. The molecule has 4 saturated carbocycles. The van der Waals surface area contributed by atoms with Crippen LogP contribution in [0.5, 0.6) is 5.75 Å². The minimum absolute atomic E-state index is 0.0157. The highest BCUT2D eigenvalue weighted by Gasteiger charge is 2.62. The van der Waals surface area contributed by atoms with Crippen LogP contribution in [0.15, 0.2) is 18.2 Å². The van der Waals surface area contributed by atoms with E-state index in [1.54, 1.807) is 6.07 Å². The van der Waals surface area contributed by atoms with Gasteiger partial charge in [0.05, 0.1) is 19.8 Å². The van der Waals surface area contributed by atoms with Gasteiger partial charge in [0.1, 0.15) is 17.1 Å². The van der Waals surface area contributed by atoms with Gasteiger partial charge in [-0.3, -0.25) is 9.59 Å². The van der Waals surface area contributed by atoms with Crippen molar-refractivity contribution in [2.24, 2.45) is 40.4 Å². The van der Waals surface area contributed by atoms with Crippen LogP contribution in [0, 0.1) is 40.4 Å². The first kappa shape index (κ1) is 30.1. The van der Waals surface area contributed by atoms with E-state index in [9.17, 15) is 19.5 Å². The number of carboxylic acid groups (broad SMARTS) is 1. The summed E-state index contributed by atoms with van der Waals surface area (Å²) in [5, 5.41) is 19.9. The molecule has 0 aliphatic heterocycles. The number of esters is 1. The Hall–Kier alpha value is -2.41. The molecule has 4 aliphatic rings. The standard InChI is InChI=1S/C34H48O7/c1-33-15-13-24(35)20-23(33)19-22(31-26-10-12-29(36)34(26,2)16-14-27(31)33)7-4-6-21-9-11-28(25(18-21)32(39)40-3)41-17-5-8-30(37)38/h9,11,18,22-23,26-27,29,31,36H,4-8,10,12-17,19-20H2,1-3H3,(H,37,38)/t22?,23?,26-,27+,29?,31-,33-,34-/m0/s1. The third kappa shape index (κ3) is 5.80. The van der Waals surface area contributed by atoms with Crippen molar-refractivity contribution in [1.82, 2.24) is 0 Å². The predicted octanol–water partition coefficient (Wildman–Crippen LogP) is 6.24. The lowest BCUT2D eigenvalue weighted by Crippen LogP contribution is -2.57. The molecule has 1 aromatic rings. The Labute approximate surface area is 244 Å². The van der Waals surface area contributed by atoms with Crippen LogP contribution in [0.4, 0.5) is 0 Å². The third-order valence-corrected chi connectivity index (χ3v) is 11.9. The molecule has 0 radical (unpaired) electrons. The second-order valence-electron chi connectivity index (χ2n) is 13.9. The van der Waals surface area contributed by atoms with Crippen LogP contribution in [-0.2, 0) is 20.7 Å². The second-order valence-corrected chi connectivity index (χ2v) is 13.9. The Morgan fingerprint density at radius 1 is 1.05 bits per heavy atom. The molecule has 0 bridgehead atoms. The van der Waals surface area contributed by atoms with Gasteiger partial charge >= 0.3 is 11.9 Å². The fourth-order valence-electron chi connectivity index (χ4n) is 9.59. The Morgan fingerprint density at radius 2 is 1.83 bits per heavy atom. The van der Waals surface area contributed by atoms with Crippen molar-refractivity contribution in [1.29, 1.82) is 0 Å². The summed E-state index contributed by atoms with van der Waals surface area (Å²) in [5.74, 6) is 2.33. The highest BCUT2D eigenvalue weighted by molar-refractivity contribution is 5.92. The van der Waals surface area contributed by atoms with Crippen molar-refractivity contribution < 1.29 is 34.1 Å². The average Bonchev–Trinajstić information content (AvgIpc) is 3.25. The van der Waals surface area contributed by atoms with Gasteiger partial charge in [0.25, 0.3) is 0 Å². The van der Waals surface area contributed by atoms with Crippen LogP contribution in [0.1, 0.15) is 107 Å². The minimum Gasteiger partial charge on any atom is -0.493 e. The number of benzene rings is 1. The minimum atomic E-state index is -0.872. The molecule has 226 valence electrons. The summed E-state index contributed by atoms with van der Waals surface area (Å²) in [7, 11) is 1.35. The number of carbonyl (C=O) groups excluding carboxylic acids is 2. The highest BCUT2D eigenvalue weighted by atomic mass is 16.5. The van der Waals surface area contributed by atoms with Gasteiger partial charge < -0.3 is 19.7 Å². The molecule has 0 saturated heterocycles. The van der Waals surface area contributed by atoms with Gasteiger partial charge in [-0.25, -0.2) is 4.79 Å². The van der Waals surface area contributed by atoms with Gasteiger partial charge in [-0.1, -0.05) is 19.9 Å². The van der Waals surface area contributed by atoms with Crippen LogP contribution < -0.4 is 4.74 Å². The zero-order valence-electron chi connectivity index (χ0n) is 25.0. The monoisotopic (exact) mass is 568 g/mol. The predicted molar refractivity (Wildman–Crippen MR) is 155 cm³/mol. The maximum absolute atomic E-state index is 12.5. The summed E-state index contributed by atoms with van der Waals surface area (Å²) in [4.78, 5) is 35.9. The number of ketones is 1. The molecule has 2 N–H and O–H groups in total. The summed E-state index contributed by atoms with van der Waals surface area (Å²) < 4.78 is 10.7. The molecule has 5 rings (SSSR count). The SMILES string of the molecule is COC(=O)c1cc(CCCC2CC3CC(=O)CC[C@]3(C)[C@@H]3CC[C@]4(C)C(O)CC[C@H]4[C@H]23)ccc1OCCCC(=O)O. The molecule has 8 atom stereocenters. The number of hydrogen-bond donors (Lipinski definition) is 2. The zero-order valence-corrected chi connectivity index (χ0v) is 25.0. The van der Waals surface area contributed by atoms with Crippen molar-refractivity contribution in [2.45, 2.75) is 103 Å². The van der Waals surface area contributed by atoms with Crippen LogP contribution in [0.3, 0.4) is 0 Å². The molecule has 3 unspecified atom stereocenters. The van der Waals surface area contributed by atoms with Gasteiger partial charge in [-0.05, 0) is 122 Å². The molecule has 0 heterocycles. The fourth-order valence-corrected chi connectivity index (χ4v) is 9.59. The van der Waals surface area contributed by atoms with E-state index in [1.807, 2.05) is 12.1 Å². The van der Waals surface area contributed by atoms with E-state index in [0.717, 1.165) is 69.8 Å². The van der Waals surface area contributed by atoms with Gasteiger partial charge in [-0.2, -0.15) is 0 Å². The number of carbonyl (C=O) groups is 3. The van der Waals surface area contributed by atoms with E-state index in [-0.39, 0.29) is 30.0 Å². The van der Waals surface area contributed by atoms with E-state index < -0.39 is 11.9 Å². The lowest BCUT2D eigenvalue weighted by Gasteiger charge is -2.62. The molecule has 4 fully saturated rings. The van der Waals surface area contributed by atoms with E-state index in [4.69, 9.17) is 14.6 Å². The first-order valence-electron chi connectivity index (χ1n) is 15.8. The third-order valence-electron chi connectivity index (χ3n) is 11.9. The van der Waals surface area contributed by atoms with E-state index in [1.165, 1.54) is 13.5 Å². The normalized spacial score (nSPS) is 36.1. The number of aliphatic carboxylic acids is 1. The summed E-state index contributed by atoms with van der Waals surface area (Å²) in [6.07, 6.45) is 11.0. The van der Waals surface area contributed by atoms with E-state index in [0.29, 0.717) is 53.1 Å². The lowest BCUT2D eigenvalue weighted by molar-refractivity contribution is -0.156. The summed E-state index contributed by atoms with van der Waals surface area (Å²) in [5.41, 5.74) is 1.68. The Morgan fingerprint density at radius 3 is 2.59 bits per heavy atom. The number of aliphatic hydroxyl groups is 1. The number of aryl methyl sites for hydroxylation is 1. The van der Waals surface area contributed by atoms with E-state index in [2.05, 4.69) is 13.8 Å². The van der Waals surface area contributed by atoms with Crippen LogP contribution in [0.25, 0.3) is 0 Å². The Kier molecular flexibility index (Phi) is 8.84. The van der Waals surface area contributed by atoms with E-state index >= 15 is 0 Å². The molecule has 0 aromatic heterocycles. The van der Waals surface area contributed by atoms with Gasteiger partial charge in [-0.15, -0.1) is 0 Å². The van der Waals surface area contributed by atoms with Crippen molar-refractivity contribution in [3.8, 4) is 5.75 Å². The topological polar surface area (TPSA) is 110 Å². The van der Waals surface area contributed by atoms with Gasteiger partial charge in [0.15, 0.2) is 0 Å². The molecule has 4 aliphatic carbocycles. The summed E-state index contributed by atoms with van der Waals surface area (Å²) in [6, 6.07) is 5.64. The molecule has 0 spiro atoms. The molecular weight excluding hydrogens is 520 g/mol. The maximum Gasteiger partial charge on any atom is 0.341 e. The number of aliphatic hydroxyl groups excluding tert-OH is 1. The number of carboxylic acids is 1. The average molecular weight is 569 g/mol. The second kappa shape index (κ2) is 12.1. The molecule has 1 aromatic carbocycles. The molecular formula is C34H48O7. The van der Waals surface area contributed by atoms with Gasteiger partial charge in [0.2, 0.25) is 0 Å². The van der Waals surface area contributed by atoms with Crippen molar-refractivity contribution in [3.05, 3.63) is 29.3 Å². The first-order valence-corrected chi connectivity index (χ1v) is 15.8. The smallest absolute Gasteiger partial charge is 0.341 e. The molecule has 41 heavy (non-hydrogen) atoms. The molecule has 7 heteroatoms. The highest BCUT2D eigenvalue weighted by Crippen LogP contribution is 2.67. The number of fused-ring (bicyclic) bond motifs is 5. The van der Waals surface area contributed by atoms with Crippen molar-refractivity contribution in [2.75, 3.05) is 13.7 Å². The number of hydrogen-bond acceptors (Lipinski definition) is 6. The van der Waals surface area contributed by atoms with Crippen molar-refractivity contribution in [3.63, 3.8) is 0 Å². The number of rotatable bonds is 10. The van der Waals surface area contributed by atoms with Crippen LogP contribution >= 0.6 is 0 Å². The summed E-state index contributed by atoms with van der Waals surface area (Å²) in [6.45, 7) is 5.03. The zero-order chi connectivity index (χ0) is 29.4. The van der Waals surface area contributed by atoms with Crippen molar-refractivity contribution >= 4 is 17.7 Å². The van der Waals surface area contributed by atoms with Crippen LogP contribution in [-0.4, -0.2) is 47.8 Å². The molecule has 7 nitrogen and oxygen atoms in total. The largest absolute Gasteiger partial charge is 0.493 e. The van der Waals surface area contributed by atoms with Gasteiger partial charge in [0, 0.05) is 19.3 Å².